The molecule has 1 N–H and O–H groups in total. The van der Waals surface area contributed by atoms with Gasteiger partial charge in [0.05, 0.1) is 6.33 Å². The van der Waals surface area contributed by atoms with Crippen molar-refractivity contribution in [3.63, 3.8) is 0 Å². The van der Waals surface area contributed by atoms with Crippen LogP contribution in [0.25, 0.3) is 0 Å². The van der Waals surface area contributed by atoms with Gasteiger partial charge in [0, 0.05) is 32.0 Å². The monoisotopic (exact) mass is 271 g/mol. The van der Waals surface area contributed by atoms with Gasteiger partial charge >= 0.3 is 5.97 Å². The molecule has 0 amide bonds. The van der Waals surface area contributed by atoms with E-state index < -0.39 is 11.5 Å². The van der Waals surface area contributed by atoms with Crippen molar-refractivity contribution in [2.75, 3.05) is 13.1 Å². The van der Waals surface area contributed by atoms with Gasteiger partial charge < -0.3 is 9.67 Å². The van der Waals surface area contributed by atoms with Crippen LogP contribution in [-0.2, 0) is 16.9 Å². The van der Waals surface area contributed by atoms with E-state index in [1.165, 1.54) is 5.56 Å². The summed E-state index contributed by atoms with van der Waals surface area (Å²) in [6.45, 7) is 2.07. The summed E-state index contributed by atoms with van der Waals surface area (Å²) in [5.41, 5.74) is 0.324. The Kier molecular flexibility index (Phi) is 3.28. The molecule has 5 heteroatoms. The Morgan fingerprint density at radius 3 is 2.80 bits per heavy atom. The molecule has 0 bridgehead atoms. The molecule has 104 valence electrons. The quantitative estimate of drug-likeness (QED) is 0.917. The number of likely N-dealkylation sites (tertiary alicyclic amines) is 1. The number of aromatic nitrogens is 2. The summed E-state index contributed by atoms with van der Waals surface area (Å²) < 4.78 is 1.72. The fraction of sp³-hybridized carbons (Fsp3) is 0.333. The second-order valence-electron chi connectivity index (χ2n) is 5.25. The molecule has 3 rings (SSSR count). The van der Waals surface area contributed by atoms with Crippen molar-refractivity contribution >= 4 is 5.97 Å². The van der Waals surface area contributed by atoms with Crippen LogP contribution >= 0.6 is 0 Å². The lowest BCUT2D eigenvalue weighted by Gasteiger charge is -2.26. The molecule has 2 heterocycles. The van der Waals surface area contributed by atoms with E-state index in [4.69, 9.17) is 0 Å². The largest absolute Gasteiger partial charge is 0.479 e. The van der Waals surface area contributed by atoms with Crippen LogP contribution in [0.5, 0.6) is 0 Å². The average Bonchev–Trinajstić information content (AvgIpc) is 3.09. The number of nitrogens with zero attached hydrogens (tertiary/aromatic N) is 3. The Hall–Kier alpha value is -2.14. The average molecular weight is 271 g/mol. The number of hydrogen-bond acceptors (Lipinski definition) is 3. The van der Waals surface area contributed by atoms with Crippen LogP contribution in [0.2, 0.25) is 0 Å². The molecular formula is C15H17N3O2. The van der Waals surface area contributed by atoms with Crippen molar-refractivity contribution in [2.24, 2.45) is 0 Å². The molecule has 1 aliphatic rings. The highest BCUT2D eigenvalue weighted by Crippen LogP contribution is 2.30. The van der Waals surface area contributed by atoms with Crippen LogP contribution < -0.4 is 0 Å². The van der Waals surface area contributed by atoms with Gasteiger partial charge in [0.1, 0.15) is 0 Å². The van der Waals surface area contributed by atoms with Crippen LogP contribution in [-0.4, -0.2) is 38.6 Å². The number of benzene rings is 1. The highest BCUT2D eigenvalue weighted by Gasteiger charge is 2.46. The Bertz CT molecular complexity index is 582. The van der Waals surface area contributed by atoms with Crippen molar-refractivity contribution < 1.29 is 9.90 Å². The van der Waals surface area contributed by atoms with E-state index >= 15 is 0 Å². The molecular weight excluding hydrogens is 254 g/mol. The summed E-state index contributed by atoms with van der Waals surface area (Å²) in [5, 5.41) is 9.64. The SMILES string of the molecule is O=C(O)C1(n2ccnc2)CCN(Cc2ccccc2)C1. The molecule has 0 saturated carbocycles. The molecule has 20 heavy (non-hydrogen) atoms. The van der Waals surface area contributed by atoms with Crippen molar-refractivity contribution in [3.8, 4) is 0 Å². The lowest BCUT2D eigenvalue weighted by atomic mass is 9.99. The van der Waals surface area contributed by atoms with Crippen LogP contribution in [0.4, 0.5) is 0 Å². The van der Waals surface area contributed by atoms with E-state index in [-0.39, 0.29) is 0 Å². The standard InChI is InChI=1S/C15H17N3O2/c19-14(20)15(18-9-7-16-12-18)6-8-17(11-15)10-13-4-2-1-3-5-13/h1-5,7,9,12H,6,8,10-11H2,(H,19,20). The Morgan fingerprint density at radius 1 is 1.35 bits per heavy atom. The van der Waals surface area contributed by atoms with Gasteiger partial charge in [0.2, 0.25) is 0 Å². The van der Waals surface area contributed by atoms with Crippen LogP contribution in [0, 0.1) is 0 Å². The lowest BCUT2D eigenvalue weighted by molar-refractivity contribution is -0.147. The summed E-state index contributed by atoms with van der Waals surface area (Å²) in [4.78, 5) is 17.9. The smallest absolute Gasteiger partial charge is 0.331 e. The van der Waals surface area contributed by atoms with Crippen molar-refractivity contribution in [3.05, 3.63) is 54.6 Å². The van der Waals surface area contributed by atoms with Gasteiger partial charge in [-0.1, -0.05) is 30.3 Å². The van der Waals surface area contributed by atoms with Crippen LogP contribution in [0.3, 0.4) is 0 Å². The molecule has 1 aromatic heterocycles. The second kappa shape index (κ2) is 5.09. The Morgan fingerprint density at radius 2 is 2.15 bits per heavy atom. The van der Waals surface area contributed by atoms with Crippen molar-refractivity contribution in [1.82, 2.24) is 14.5 Å². The van der Waals surface area contributed by atoms with E-state index in [9.17, 15) is 9.90 Å². The highest BCUT2D eigenvalue weighted by molar-refractivity contribution is 5.77. The summed E-state index contributed by atoms with van der Waals surface area (Å²) >= 11 is 0. The van der Waals surface area contributed by atoms with Crippen molar-refractivity contribution in [2.45, 2.75) is 18.5 Å². The minimum absolute atomic E-state index is 0.508. The zero-order chi connectivity index (χ0) is 14.0. The predicted octanol–water partition coefficient (Wildman–Crippen LogP) is 1.57. The molecule has 1 aliphatic heterocycles. The maximum absolute atomic E-state index is 11.7. The van der Waals surface area contributed by atoms with Gasteiger partial charge in [0.15, 0.2) is 5.54 Å². The summed E-state index contributed by atoms with van der Waals surface area (Å²) in [6.07, 6.45) is 5.57. The van der Waals surface area contributed by atoms with Gasteiger partial charge in [0.25, 0.3) is 0 Å². The first-order valence-corrected chi connectivity index (χ1v) is 6.69. The third-order valence-corrected chi connectivity index (χ3v) is 3.97. The number of carboxylic acid groups (broad SMARTS) is 1. The van der Waals surface area contributed by atoms with E-state index in [1.54, 1.807) is 23.3 Å². The van der Waals surface area contributed by atoms with Gasteiger partial charge in [-0.2, -0.15) is 0 Å². The van der Waals surface area contributed by atoms with Gasteiger partial charge in [-0.15, -0.1) is 0 Å². The number of imidazole rings is 1. The van der Waals surface area contributed by atoms with E-state index in [1.807, 2.05) is 18.2 Å². The molecule has 1 aromatic carbocycles. The van der Waals surface area contributed by atoms with Crippen LogP contribution in [0.15, 0.2) is 49.1 Å². The second-order valence-corrected chi connectivity index (χ2v) is 5.25. The van der Waals surface area contributed by atoms with E-state index in [2.05, 4.69) is 22.0 Å². The highest BCUT2D eigenvalue weighted by atomic mass is 16.4. The van der Waals surface area contributed by atoms with Gasteiger partial charge in [-0.05, 0) is 12.0 Å². The fourth-order valence-electron chi connectivity index (χ4n) is 2.86. The van der Waals surface area contributed by atoms with Crippen molar-refractivity contribution in [1.29, 1.82) is 0 Å². The number of carbonyl (C=O) groups is 1. The Labute approximate surface area is 117 Å². The maximum Gasteiger partial charge on any atom is 0.331 e. The first-order valence-electron chi connectivity index (χ1n) is 6.69. The number of rotatable bonds is 4. The van der Waals surface area contributed by atoms with Gasteiger partial charge in [-0.25, -0.2) is 9.78 Å². The molecule has 0 spiro atoms. The molecule has 5 nitrogen and oxygen atoms in total. The number of carboxylic acids is 1. The van der Waals surface area contributed by atoms with Gasteiger partial charge in [-0.3, -0.25) is 4.90 Å². The normalized spacial score (nSPS) is 23.0. The lowest BCUT2D eigenvalue weighted by Crippen LogP contribution is -2.43. The summed E-state index contributed by atoms with van der Waals surface area (Å²) in [5.74, 6) is -0.786. The Balaban J connectivity index is 1.79. The topological polar surface area (TPSA) is 58.4 Å². The third-order valence-electron chi connectivity index (χ3n) is 3.97. The maximum atomic E-state index is 11.7. The zero-order valence-electron chi connectivity index (χ0n) is 11.1. The van der Waals surface area contributed by atoms with E-state index in [0.717, 1.165) is 13.1 Å². The molecule has 1 unspecified atom stereocenters. The molecule has 2 aromatic rings. The van der Waals surface area contributed by atoms with E-state index in [0.29, 0.717) is 13.0 Å². The molecule has 0 aliphatic carbocycles. The molecule has 1 atom stereocenters. The fourth-order valence-corrected chi connectivity index (χ4v) is 2.86. The third kappa shape index (κ3) is 2.20. The molecule has 0 radical (unpaired) electrons. The predicted molar refractivity (Wildman–Crippen MR) is 74.2 cm³/mol. The minimum atomic E-state index is -0.884. The molecule has 1 fully saturated rings. The number of aliphatic carboxylic acids is 1. The summed E-state index contributed by atoms with van der Waals surface area (Å²) in [7, 11) is 0. The van der Waals surface area contributed by atoms with Crippen LogP contribution in [0.1, 0.15) is 12.0 Å². The molecule has 1 saturated heterocycles. The summed E-state index contributed by atoms with van der Waals surface area (Å²) in [6, 6.07) is 10.1. The number of hydrogen-bond donors (Lipinski definition) is 1. The first kappa shape index (κ1) is 12.9. The zero-order valence-corrected chi connectivity index (χ0v) is 11.1. The first-order chi connectivity index (χ1) is 9.71. The minimum Gasteiger partial charge on any atom is -0.479 e.